The molecule has 0 bridgehead atoms. The summed E-state index contributed by atoms with van der Waals surface area (Å²) in [5, 5.41) is 5.22. The average Bonchev–Trinajstić information content (AvgIpc) is 3.68. The van der Waals surface area contributed by atoms with Crippen molar-refractivity contribution in [2.75, 3.05) is 4.90 Å². The van der Waals surface area contributed by atoms with Crippen LogP contribution in [0.3, 0.4) is 0 Å². The molecule has 1 heterocycles. The topological polar surface area (TPSA) is 3.24 Å². The van der Waals surface area contributed by atoms with Crippen LogP contribution in [-0.2, 0) is 5.41 Å². The van der Waals surface area contributed by atoms with Crippen molar-refractivity contribution in [2.45, 2.75) is 19.3 Å². The highest BCUT2D eigenvalue weighted by molar-refractivity contribution is 7.26. The number of benzene rings is 8. The highest BCUT2D eigenvalue weighted by Gasteiger charge is 2.39. The normalized spacial score (nSPS) is 13.1. The lowest BCUT2D eigenvalue weighted by molar-refractivity contribution is 0.666. The minimum Gasteiger partial charge on any atom is -0.309 e. The highest BCUT2D eigenvalue weighted by atomic mass is 32.1. The third kappa shape index (κ3) is 4.60. The number of fused-ring (bicyclic) bond motifs is 8. The summed E-state index contributed by atoms with van der Waals surface area (Å²) in [4.78, 5) is 2.51. The molecule has 9 aromatic rings. The third-order valence-electron chi connectivity index (χ3n) is 10.8. The Hall–Kier alpha value is -5.96. The van der Waals surface area contributed by atoms with Crippen molar-refractivity contribution >= 4 is 59.3 Å². The second kappa shape index (κ2) is 11.6. The number of thiophene rings is 1. The zero-order chi connectivity index (χ0) is 34.1. The Kier molecular flexibility index (Phi) is 6.78. The lowest BCUT2D eigenvalue weighted by Crippen LogP contribution is -2.17. The minimum atomic E-state index is -0.154. The van der Waals surface area contributed by atoms with E-state index in [0.29, 0.717) is 0 Å². The van der Waals surface area contributed by atoms with Gasteiger partial charge < -0.3 is 4.90 Å². The number of hydrogen-bond acceptors (Lipinski definition) is 2. The lowest BCUT2D eigenvalue weighted by Gasteiger charge is -2.31. The molecular formula is C49H35NS. The van der Waals surface area contributed by atoms with Gasteiger partial charge in [-0.15, -0.1) is 11.3 Å². The van der Waals surface area contributed by atoms with E-state index < -0.39 is 0 Å². The van der Waals surface area contributed by atoms with Gasteiger partial charge in [0.1, 0.15) is 0 Å². The summed E-state index contributed by atoms with van der Waals surface area (Å²) in [5.74, 6) is 0. The molecule has 8 aromatic carbocycles. The van der Waals surface area contributed by atoms with Gasteiger partial charge in [0.15, 0.2) is 0 Å². The van der Waals surface area contributed by atoms with Crippen molar-refractivity contribution in [3.63, 3.8) is 0 Å². The van der Waals surface area contributed by atoms with Gasteiger partial charge >= 0.3 is 0 Å². The van der Waals surface area contributed by atoms with Crippen LogP contribution in [0.25, 0.3) is 64.3 Å². The lowest BCUT2D eigenvalue weighted by atomic mass is 9.80. The van der Waals surface area contributed by atoms with Crippen molar-refractivity contribution < 1.29 is 0 Å². The molecule has 0 amide bonds. The average molecular weight is 670 g/mol. The number of hydrogen-bond donors (Lipinski definition) is 0. The smallest absolute Gasteiger partial charge is 0.0549 e. The van der Waals surface area contributed by atoms with Gasteiger partial charge in [-0.25, -0.2) is 0 Å². The monoisotopic (exact) mass is 669 g/mol. The minimum absolute atomic E-state index is 0.154. The molecule has 0 saturated heterocycles. The molecule has 1 aliphatic carbocycles. The van der Waals surface area contributed by atoms with Gasteiger partial charge in [0, 0.05) is 42.4 Å². The Labute approximate surface area is 302 Å². The van der Waals surface area contributed by atoms with Crippen molar-refractivity contribution in [2.24, 2.45) is 0 Å². The summed E-state index contributed by atoms with van der Waals surface area (Å²) in [6.07, 6.45) is 0. The van der Waals surface area contributed by atoms with Crippen LogP contribution in [0.1, 0.15) is 25.0 Å². The second-order valence-corrected chi connectivity index (χ2v) is 15.1. The molecule has 0 radical (unpaired) electrons. The molecule has 0 unspecified atom stereocenters. The van der Waals surface area contributed by atoms with Gasteiger partial charge in [-0.2, -0.15) is 0 Å². The van der Waals surface area contributed by atoms with Gasteiger partial charge in [-0.05, 0) is 74.5 Å². The predicted octanol–water partition coefficient (Wildman–Crippen LogP) is 14.3. The van der Waals surface area contributed by atoms with Crippen LogP contribution < -0.4 is 4.90 Å². The molecule has 1 aromatic heterocycles. The van der Waals surface area contributed by atoms with E-state index in [1.54, 1.807) is 0 Å². The van der Waals surface area contributed by atoms with E-state index in [2.05, 4.69) is 195 Å². The fourth-order valence-electron chi connectivity index (χ4n) is 8.51. The van der Waals surface area contributed by atoms with Crippen LogP contribution in [-0.4, -0.2) is 0 Å². The standard InChI is InChI=1S/C49H35NS/c1-49(2)42-24-11-8-21-41(42)46-44(31-34-17-6-7-19-37(34)47(46)49)50(43-25-12-9-18-36(43)32-15-4-3-5-16-32)35-29-27-33(28-30-35)38-22-14-23-40-39-20-10-13-26-45(39)51-48(38)40/h3-31H,1-2H3. The van der Waals surface area contributed by atoms with Crippen molar-refractivity contribution in [3.05, 3.63) is 187 Å². The van der Waals surface area contributed by atoms with Gasteiger partial charge in [0.2, 0.25) is 0 Å². The van der Waals surface area contributed by atoms with E-state index in [1.807, 2.05) is 11.3 Å². The zero-order valence-corrected chi connectivity index (χ0v) is 29.4. The first-order valence-electron chi connectivity index (χ1n) is 17.7. The van der Waals surface area contributed by atoms with Crippen LogP contribution in [0.4, 0.5) is 17.1 Å². The summed E-state index contributed by atoms with van der Waals surface area (Å²) >= 11 is 1.88. The maximum atomic E-state index is 2.51. The first-order valence-corrected chi connectivity index (χ1v) is 18.5. The highest BCUT2D eigenvalue weighted by Crippen LogP contribution is 2.57. The van der Waals surface area contributed by atoms with Crippen LogP contribution in [0.15, 0.2) is 176 Å². The maximum absolute atomic E-state index is 2.51. The maximum Gasteiger partial charge on any atom is 0.0549 e. The molecule has 0 spiro atoms. The van der Waals surface area contributed by atoms with Gasteiger partial charge in [-0.3, -0.25) is 0 Å². The number of para-hydroxylation sites is 1. The van der Waals surface area contributed by atoms with Gasteiger partial charge in [-0.1, -0.05) is 159 Å². The van der Waals surface area contributed by atoms with Crippen LogP contribution in [0.5, 0.6) is 0 Å². The van der Waals surface area contributed by atoms with Gasteiger partial charge in [0.25, 0.3) is 0 Å². The quantitative estimate of drug-likeness (QED) is 0.176. The largest absolute Gasteiger partial charge is 0.309 e. The molecule has 0 N–H and O–H groups in total. The molecule has 2 heteroatoms. The molecule has 1 aliphatic rings. The van der Waals surface area contributed by atoms with E-state index in [9.17, 15) is 0 Å². The Balaban J connectivity index is 1.24. The zero-order valence-electron chi connectivity index (χ0n) is 28.6. The SMILES string of the molecule is CC1(C)c2ccccc2-c2c(N(c3ccc(-c4cccc5c4sc4ccccc45)cc3)c3ccccc3-c3ccccc3)cc3ccccc3c21. The van der Waals surface area contributed by atoms with Crippen LogP contribution in [0, 0.1) is 0 Å². The molecule has 1 nitrogen and oxygen atoms in total. The fourth-order valence-corrected chi connectivity index (χ4v) is 9.75. The van der Waals surface area contributed by atoms with E-state index in [0.717, 1.165) is 11.4 Å². The Morgan fingerprint density at radius 2 is 1.10 bits per heavy atom. The van der Waals surface area contributed by atoms with Crippen molar-refractivity contribution in [1.29, 1.82) is 0 Å². The predicted molar refractivity (Wildman–Crippen MR) is 220 cm³/mol. The molecule has 0 aliphatic heterocycles. The Bertz CT molecular complexity index is 2770. The second-order valence-electron chi connectivity index (χ2n) is 14.1. The summed E-state index contributed by atoms with van der Waals surface area (Å²) < 4.78 is 2.66. The first-order chi connectivity index (χ1) is 25.1. The van der Waals surface area contributed by atoms with Gasteiger partial charge in [0.05, 0.1) is 11.4 Å². The first kappa shape index (κ1) is 29.9. The fraction of sp³-hybridized carbons (Fsp3) is 0.0612. The van der Waals surface area contributed by atoms with Crippen LogP contribution in [0.2, 0.25) is 0 Å². The van der Waals surface area contributed by atoms with E-state index in [4.69, 9.17) is 0 Å². The van der Waals surface area contributed by atoms with E-state index in [1.165, 1.54) is 81.1 Å². The van der Waals surface area contributed by atoms with Crippen molar-refractivity contribution in [1.82, 2.24) is 0 Å². The summed E-state index contributed by atoms with van der Waals surface area (Å²) in [6.45, 7) is 4.78. The molecule has 10 rings (SSSR count). The molecule has 51 heavy (non-hydrogen) atoms. The van der Waals surface area contributed by atoms with Crippen molar-refractivity contribution in [3.8, 4) is 33.4 Å². The molecular weight excluding hydrogens is 635 g/mol. The Morgan fingerprint density at radius 1 is 0.471 bits per heavy atom. The number of anilines is 3. The number of rotatable bonds is 5. The number of nitrogens with zero attached hydrogens (tertiary/aromatic N) is 1. The van der Waals surface area contributed by atoms with E-state index in [-0.39, 0.29) is 5.41 Å². The van der Waals surface area contributed by atoms with E-state index >= 15 is 0 Å². The van der Waals surface area contributed by atoms with Crippen LogP contribution >= 0.6 is 11.3 Å². The molecule has 242 valence electrons. The third-order valence-corrected chi connectivity index (χ3v) is 12.1. The molecule has 0 saturated carbocycles. The Morgan fingerprint density at radius 3 is 1.94 bits per heavy atom. The molecule has 0 fully saturated rings. The summed E-state index contributed by atoms with van der Waals surface area (Å²) in [7, 11) is 0. The summed E-state index contributed by atoms with van der Waals surface area (Å²) in [6, 6.07) is 64.7. The summed E-state index contributed by atoms with van der Waals surface area (Å²) in [5.41, 5.74) is 13.6. The molecule has 0 atom stereocenters.